The first-order valence-corrected chi connectivity index (χ1v) is 9.71. The third-order valence-electron chi connectivity index (χ3n) is 4.55. The van der Waals surface area contributed by atoms with Gasteiger partial charge in [0.2, 0.25) is 0 Å². The van der Waals surface area contributed by atoms with Gasteiger partial charge in [0.15, 0.2) is 5.43 Å². The predicted molar refractivity (Wildman–Crippen MR) is 113 cm³/mol. The molecule has 3 aromatic rings. The van der Waals surface area contributed by atoms with Crippen molar-refractivity contribution in [1.82, 2.24) is 10.2 Å². The molecule has 2 amide bonds. The number of urea groups is 1. The summed E-state index contributed by atoms with van der Waals surface area (Å²) < 4.78 is 10.5. The number of ether oxygens (including phenoxy) is 1. The lowest BCUT2D eigenvalue weighted by Crippen LogP contribution is -2.42. The summed E-state index contributed by atoms with van der Waals surface area (Å²) in [7, 11) is 0. The van der Waals surface area contributed by atoms with Gasteiger partial charge in [-0.25, -0.2) is 4.79 Å². The minimum atomic E-state index is -0.522. The summed E-state index contributed by atoms with van der Waals surface area (Å²) in [5.41, 5.74) is 2.51. The molecule has 1 N–H and O–H groups in total. The van der Waals surface area contributed by atoms with Crippen molar-refractivity contribution in [2.24, 2.45) is 0 Å². The van der Waals surface area contributed by atoms with Gasteiger partial charge >= 0.3 is 12.0 Å². The molecular weight excluding hydrogens is 384 g/mol. The Morgan fingerprint density at radius 3 is 2.60 bits per heavy atom. The Bertz CT molecular complexity index is 1090. The predicted octanol–water partition coefficient (Wildman–Crippen LogP) is 3.38. The second-order valence-electron chi connectivity index (χ2n) is 6.90. The molecule has 3 rings (SSSR count). The van der Waals surface area contributed by atoms with Gasteiger partial charge in [-0.3, -0.25) is 9.59 Å². The number of hydrogen-bond acceptors (Lipinski definition) is 5. The highest BCUT2D eigenvalue weighted by atomic mass is 16.5. The van der Waals surface area contributed by atoms with E-state index in [1.807, 2.05) is 43.3 Å². The van der Waals surface area contributed by atoms with Gasteiger partial charge in [-0.1, -0.05) is 42.0 Å². The summed E-state index contributed by atoms with van der Waals surface area (Å²) in [6.45, 7) is 3.89. The van der Waals surface area contributed by atoms with E-state index in [4.69, 9.17) is 9.15 Å². The summed E-state index contributed by atoms with van der Waals surface area (Å²) >= 11 is 0. The highest BCUT2D eigenvalue weighted by Crippen LogP contribution is 2.15. The van der Waals surface area contributed by atoms with E-state index < -0.39 is 12.0 Å². The molecule has 156 valence electrons. The number of hydrogen-bond donors (Lipinski definition) is 1. The van der Waals surface area contributed by atoms with E-state index in [1.165, 1.54) is 11.2 Å². The van der Waals surface area contributed by atoms with Crippen LogP contribution in [0.25, 0.3) is 11.0 Å². The first-order chi connectivity index (χ1) is 14.5. The number of nitrogens with one attached hydrogen (secondary N) is 1. The van der Waals surface area contributed by atoms with E-state index in [-0.39, 0.29) is 31.7 Å². The van der Waals surface area contributed by atoms with Crippen LogP contribution in [0.4, 0.5) is 4.79 Å². The van der Waals surface area contributed by atoms with Gasteiger partial charge in [0.1, 0.15) is 12.1 Å². The van der Waals surface area contributed by atoms with Crippen LogP contribution in [-0.2, 0) is 22.6 Å². The zero-order valence-corrected chi connectivity index (χ0v) is 17.0. The molecule has 7 heteroatoms. The maximum atomic E-state index is 12.9. The molecule has 0 atom stereocenters. The number of rotatable bonds is 7. The minimum Gasteiger partial charge on any atom is -0.465 e. The van der Waals surface area contributed by atoms with Crippen LogP contribution < -0.4 is 10.7 Å². The maximum absolute atomic E-state index is 12.9. The maximum Gasteiger partial charge on any atom is 0.325 e. The smallest absolute Gasteiger partial charge is 0.325 e. The molecule has 0 bridgehead atoms. The molecule has 0 radical (unpaired) electrons. The summed E-state index contributed by atoms with van der Waals surface area (Å²) in [6.07, 6.45) is 1.39. The Balaban J connectivity index is 1.85. The van der Waals surface area contributed by atoms with Crippen LogP contribution in [-0.4, -0.2) is 30.1 Å². The second-order valence-corrected chi connectivity index (χ2v) is 6.90. The third-order valence-corrected chi connectivity index (χ3v) is 4.55. The van der Waals surface area contributed by atoms with Gasteiger partial charge in [-0.05, 0) is 31.5 Å². The number of nitrogens with zero attached hydrogens (tertiary/aromatic N) is 1. The van der Waals surface area contributed by atoms with Crippen LogP contribution in [0.1, 0.15) is 23.6 Å². The van der Waals surface area contributed by atoms with Gasteiger partial charge in [0, 0.05) is 6.54 Å². The Kier molecular flexibility index (Phi) is 6.85. The van der Waals surface area contributed by atoms with E-state index in [0.717, 1.165) is 11.1 Å². The number of carbonyl (C=O) groups excluding carboxylic acids is 2. The number of esters is 1. The van der Waals surface area contributed by atoms with E-state index in [0.29, 0.717) is 16.5 Å². The third kappa shape index (κ3) is 5.26. The highest BCUT2D eigenvalue weighted by Gasteiger charge is 2.18. The Labute approximate surface area is 174 Å². The molecule has 0 aliphatic heterocycles. The molecular formula is C23H24N2O5. The zero-order chi connectivity index (χ0) is 21.5. The molecule has 1 heterocycles. The van der Waals surface area contributed by atoms with Gasteiger partial charge in [-0.2, -0.15) is 0 Å². The second kappa shape index (κ2) is 9.73. The molecule has 0 spiro atoms. The minimum absolute atomic E-state index is 0.0375. The lowest BCUT2D eigenvalue weighted by atomic mass is 10.1. The quantitative estimate of drug-likeness (QED) is 0.606. The molecule has 0 aliphatic carbocycles. The van der Waals surface area contributed by atoms with Crippen molar-refractivity contribution in [3.05, 3.63) is 81.7 Å². The Hall–Kier alpha value is -3.61. The van der Waals surface area contributed by atoms with E-state index in [2.05, 4.69) is 5.32 Å². The fraction of sp³-hybridized carbons (Fsp3) is 0.261. The van der Waals surface area contributed by atoms with Crippen LogP contribution in [0, 0.1) is 6.92 Å². The lowest BCUT2D eigenvalue weighted by Gasteiger charge is -2.23. The summed E-state index contributed by atoms with van der Waals surface area (Å²) in [4.78, 5) is 38.8. The number of carbonyl (C=O) groups is 2. The van der Waals surface area contributed by atoms with Crippen molar-refractivity contribution in [3.8, 4) is 0 Å². The van der Waals surface area contributed by atoms with Crippen molar-refractivity contribution in [1.29, 1.82) is 0 Å². The van der Waals surface area contributed by atoms with E-state index in [9.17, 15) is 14.4 Å². The van der Waals surface area contributed by atoms with Crippen LogP contribution >= 0.6 is 0 Å². The first-order valence-electron chi connectivity index (χ1n) is 9.71. The Morgan fingerprint density at radius 1 is 1.10 bits per heavy atom. The monoisotopic (exact) mass is 408 g/mol. The molecule has 7 nitrogen and oxygen atoms in total. The zero-order valence-electron chi connectivity index (χ0n) is 17.0. The van der Waals surface area contributed by atoms with E-state index >= 15 is 0 Å². The van der Waals surface area contributed by atoms with Gasteiger partial charge in [0.25, 0.3) is 0 Å². The number of amides is 2. The topological polar surface area (TPSA) is 88.8 Å². The molecule has 0 saturated heterocycles. The number of benzene rings is 2. The number of fused-ring (bicyclic) bond motifs is 1. The fourth-order valence-electron chi connectivity index (χ4n) is 3.07. The summed E-state index contributed by atoms with van der Waals surface area (Å²) in [5.74, 6) is -0.522. The van der Waals surface area contributed by atoms with Crippen molar-refractivity contribution in [2.45, 2.75) is 26.9 Å². The molecule has 30 heavy (non-hydrogen) atoms. The summed E-state index contributed by atoms with van der Waals surface area (Å²) in [6, 6.07) is 14.3. The fourth-order valence-corrected chi connectivity index (χ4v) is 3.07. The molecule has 0 unspecified atom stereocenters. The van der Waals surface area contributed by atoms with Crippen molar-refractivity contribution < 1.29 is 18.7 Å². The standard InChI is InChI=1S/C23H24N2O5/c1-3-29-21(26)12-24-23(28)25(13-17-7-5-4-6-8-17)14-18-15-30-20-10-9-16(2)11-19(20)22(18)27/h4-11,15H,3,12-14H2,1-2H3,(H,24,28). The van der Waals surface area contributed by atoms with Crippen molar-refractivity contribution >= 4 is 23.0 Å². The van der Waals surface area contributed by atoms with Gasteiger partial charge < -0.3 is 19.4 Å². The van der Waals surface area contributed by atoms with Crippen molar-refractivity contribution in [2.75, 3.05) is 13.2 Å². The molecule has 0 saturated carbocycles. The lowest BCUT2D eigenvalue weighted by molar-refractivity contribution is -0.141. The highest BCUT2D eigenvalue weighted by molar-refractivity contribution is 5.81. The normalized spacial score (nSPS) is 10.6. The van der Waals surface area contributed by atoms with Crippen LogP contribution in [0.5, 0.6) is 0 Å². The van der Waals surface area contributed by atoms with Gasteiger partial charge in [-0.15, -0.1) is 0 Å². The Morgan fingerprint density at radius 2 is 1.87 bits per heavy atom. The average molecular weight is 408 g/mol. The molecule has 0 fully saturated rings. The largest absolute Gasteiger partial charge is 0.465 e. The van der Waals surface area contributed by atoms with Crippen molar-refractivity contribution in [3.63, 3.8) is 0 Å². The SMILES string of the molecule is CCOC(=O)CNC(=O)N(Cc1ccccc1)Cc1coc2ccc(C)cc2c1=O. The van der Waals surface area contributed by atoms with E-state index in [1.54, 1.807) is 19.1 Å². The van der Waals surface area contributed by atoms with Crippen LogP contribution in [0.2, 0.25) is 0 Å². The molecule has 1 aromatic heterocycles. The van der Waals surface area contributed by atoms with Gasteiger partial charge in [0.05, 0.1) is 30.4 Å². The average Bonchev–Trinajstić information content (AvgIpc) is 2.74. The van der Waals surface area contributed by atoms with Crippen LogP contribution in [0.15, 0.2) is 64.0 Å². The molecule has 2 aromatic carbocycles. The van der Waals surface area contributed by atoms with Crippen LogP contribution in [0.3, 0.4) is 0 Å². The number of aryl methyl sites for hydroxylation is 1. The first kappa shape index (κ1) is 21.1. The molecule has 0 aliphatic rings. The summed E-state index contributed by atoms with van der Waals surface area (Å²) in [5, 5.41) is 3.02.